The van der Waals surface area contributed by atoms with E-state index in [1.165, 1.54) is 16.7 Å². The molecule has 0 saturated carbocycles. The molecule has 2 aliphatic rings. The molecule has 0 aromatic carbocycles. The van der Waals surface area contributed by atoms with Crippen LogP contribution in [-0.4, -0.2) is 56.3 Å². The van der Waals surface area contributed by atoms with Crippen molar-refractivity contribution in [3.8, 4) is 0 Å². The molecule has 5 atom stereocenters. The molecule has 8 heteroatoms. The number of aliphatic carboxylic acids is 1. The van der Waals surface area contributed by atoms with Crippen LogP contribution in [0.15, 0.2) is 0 Å². The summed E-state index contributed by atoms with van der Waals surface area (Å²) < 4.78 is 0. The molecule has 0 bridgehead atoms. The zero-order valence-corrected chi connectivity index (χ0v) is 15.1. The number of rotatable bonds is 5. The summed E-state index contributed by atoms with van der Waals surface area (Å²) in [4.78, 5) is 37.9. The molecule has 6 nitrogen and oxygen atoms in total. The monoisotopic (exact) mass is 360 g/mol. The van der Waals surface area contributed by atoms with Crippen LogP contribution in [0.5, 0.6) is 0 Å². The maximum absolute atomic E-state index is 12.7. The van der Waals surface area contributed by atoms with Gasteiger partial charge in [0.25, 0.3) is 0 Å². The van der Waals surface area contributed by atoms with Gasteiger partial charge in [0, 0.05) is 5.75 Å². The van der Waals surface area contributed by atoms with Crippen LogP contribution in [0.25, 0.3) is 0 Å². The number of hydrogen-bond donors (Lipinski definition) is 3. The molecule has 2 fully saturated rings. The molecule has 2 N–H and O–H groups in total. The van der Waals surface area contributed by atoms with E-state index in [2.05, 4.69) is 17.9 Å². The second kappa shape index (κ2) is 7.79. The quantitative estimate of drug-likeness (QED) is 0.645. The van der Waals surface area contributed by atoms with Crippen LogP contribution in [0, 0.1) is 5.92 Å². The minimum Gasteiger partial charge on any atom is -0.480 e. The number of thioether (sulfide) groups is 1. The van der Waals surface area contributed by atoms with Crippen LogP contribution in [0.2, 0.25) is 0 Å². The van der Waals surface area contributed by atoms with Gasteiger partial charge in [-0.05, 0) is 25.2 Å². The van der Waals surface area contributed by atoms with E-state index in [-0.39, 0.29) is 23.1 Å². The van der Waals surface area contributed by atoms with Gasteiger partial charge in [-0.3, -0.25) is 9.59 Å². The number of amides is 2. The fourth-order valence-electron chi connectivity index (χ4n) is 2.94. The van der Waals surface area contributed by atoms with Gasteiger partial charge in [-0.2, -0.15) is 12.6 Å². The van der Waals surface area contributed by atoms with Crippen LogP contribution in [0.4, 0.5) is 0 Å². The van der Waals surface area contributed by atoms with Crippen molar-refractivity contribution in [2.45, 2.75) is 62.2 Å². The molecular weight excluding hydrogens is 336 g/mol. The van der Waals surface area contributed by atoms with Crippen molar-refractivity contribution in [3.63, 3.8) is 0 Å². The van der Waals surface area contributed by atoms with Crippen molar-refractivity contribution >= 4 is 42.2 Å². The van der Waals surface area contributed by atoms with Crippen molar-refractivity contribution < 1.29 is 19.5 Å². The lowest BCUT2D eigenvalue weighted by Gasteiger charge is -2.29. The summed E-state index contributed by atoms with van der Waals surface area (Å²) in [6.45, 7) is 3.93. The number of nitrogens with one attached hydrogen (secondary N) is 1. The smallest absolute Gasteiger partial charge is 0.327 e. The number of hydrogen-bond acceptors (Lipinski definition) is 5. The average Bonchev–Trinajstić information content (AvgIpc) is 2.89. The lowest BCUT2D eigenvalue weighted by molar-refractivity contribution is -0.150. The highest BCUT2D eigenvalue weighted by Crippen LogP contribution is 2.35. The lowest BCUT2D eigenvalue weighted by Crippen LogP contribution is -2.54. The summed E-state index contributed by atoms with van der Waals surface area (Å²) in [6, 6.07) is -1.44. The molecule has 2 rings (SSSR count). The largest absolute Gasteiger partial charge is 0.480 e. The Kier molecular flexibility index (Phi) is 6.25. The first kappa shape index (κ1) is 18.4. The van der Waals surface area contributed by atoms with E-state index >= 15 is 0 Å². The minimum absolute atomic E-state index is 0.0909. The zero-order chi connectivity index (χ0) is 17.1. The Bertz CT molecular complexity index is 488. The van der Waals surface area contributed by atoms with Gasteiger partial charge in [0.2, 0.25) is 11.8 Å². The second-order valence-electron chi connectivity index (χ2n) is 6.21. The van der Waals surface area contributed by atoms with Crippen LogP contribution in [0.1, 0.15) is 39.5 Å². The van der Waals surface area contributed by atoms with E-state index in [1.807, 2.05) is 13.8 Å². The summed E-state index contributed by atoms with van der Waals surface area (Å²) in [7, 11) is 0. The van der Waals surface area contributed by atoms with E-state index in [0.29, 0.717) is 12.2 Å². The van der Waals surface area contributed by atoms with E-state index in [0.717, 1.165) is 19.3 Å². The number of carboxylic acids is 1. The topological polar surface area (TPSA) is 86.7 Å². The predicted octanol–water partition coefficient (Wildman–Crippen LogP) is 1.35. The summed E-state index contributed by atoms with van der Waals surface area (Å²) in [5, 5.41) is 11.5. The lowest BCUT2D eigenvalue weighted by atomic mass is 10.0. The summed E-state index contributed by atoms with van der Waals surface area (Å²) >= 11 is 5.86. The Morgan fingerprint density at radius 3 is 2.78 bits per heavy atom. The van der Waals surface area contributed by atoms with Crippen molar-refractivity contribution in [2.75, 3.05) is 5.75 Å². The second-order valence-corrected chi connectivity index (χ2v) is 7.98. The van der Waals surface area contributed by atoms with Crippen molar-refractivity contribution in [2.24, 2.45) is 5.92 Å². The SMILES string of the molecule is CC[C@H](C)[C@H](S)C(=O)NC1CCCC2SC[C@@H](C(=O)O)N2C1=O. The van der Waals surface area contributed by atoms with Gasteiger partial charge < -0.3 is 15.3 Å². The van der Waals surface area contributed by atoms with Gasteiger partial charge in [-0.25, -0.2) is 4.79 Å². The molecule has 2 amide bonds. The van der Waals surface area contributed by atoms with Gasteiger partial charge in [0.05, 0.1) is 10.6 Å². The number of carbonyl (C=O) groups excluding carboxylic acids is 2. The molecule has 130 valence electrons. The van der Waals surface area contributed by atoms with Gasteiger partial charge >= 0.3 is 5.97 Å². The highest BCUT2D eigenvalue weighted by atomic mass is 32.2. The van der Waals surface area contributed by atoms with Crippen LogP contribution in [0.3, 0.4) is 0 Å². The highest BCUT2D eigenvalue weighted by molar-refractivity contribution is 8.00. The fourth-order valence-corrected chi connectivity index (χ4v) is 4.68. The summed E-state index contributed by atoms with van der Waals surface area (Å²) in [5.41, 5.74) is 0. The minimum atomic E-state index is -0.980. The first-order valence-electron chi connectivity index (χ1n) is 8.01. The highest BCUT2D eigenvalue weighted by Gasteiger charge is 2.45. The summed E-state index contributed by atoms with van der Waals surface area (Å²) in [5.74, 6) is -0.983. The third kappa shape index (κ3) is 3.96. The van der Waals surface area contributed by atoms with Crippen molar-refractivity contribution in [3.05, 3.63) is 0 Å². The zero-order valence-electron chi connectivity index (χ0n) is 13.4. The average molecular weight is 361 g/mol. The fraction of sp³-hybridized carbons (Fsp3) is 0.800. The number of nitrogens with zero attached hydrogens (tertiary/aromatic N) is 1. The van der Waals surface area contributed by atoms with Crippen LogP contribution < -0.4 is 5.32 Å². The molecule has 2 unspecified atom stereocenters. The molecule has 0 aliphatic carbocycles. The van der Waals surface area contributed by atoms with Crippen molar-refractivity contribution in [1.82, 2.24) is 10.2 Å². The summed E-state index contributed by atoms with van der Waals surface area (Å²) in [6.07, 6.45) is 2.93. The third-order valence-electron chi connectivity index (χ3n) is 4.64. The van der Waals surface area contributed by atoms with Crippen molar-refractivity contribution in [1.29, 1.82) is 0 Å². The number of fused-ring (bicyclic) bond motifs is 1. The van der Waals surface area contributed by atoms with E-state index < -0.39 is 23.3 Å². The van der Waals surface area contributed by atoms with E-state index in [1.54, 1.807) is 0 Å². The standard InChI is InChI=1S/C15H24N2O4S2/c1-3-8(2)12(22)13(18)16-9-5-4-6-11-17(14(9)19)10(7-23-11)15(20)21/h8-12,22H,3-7H2,1-2H3,(H,16,18)(H,20,21)/t8-,9?,10-,11?,12-/m0/s1. The molecule has 2 heterocycles. The van der Waals surface area contributed by atoms with Gasteiger partial charge in [0.15, 0.2) is 0 Å². The van der Waals surface area contributed by atoms with Gasteiger partial charge in [-0.1, -0.05) is 20.3 Å². The number of thiol groups is 1. The molecular formula is C15H24N2O4S2. The van der Waals surface area contributed by atoms with E-state index in [4.69, 9.17) is 0 Å². The number of carbonyl (C=O) groups is 3. The van der Waals surface area contributed by atoms with Crippen LogP contribution >= 0.6 is 24.4 Å². The van der Waals surface area contributed by atoms with Gasteiger partial charge in [-0.15, -0.1) is 11.8 Å². The molecule has 0 radical (unpaired) electrons. The molecule has 0 aromatic rings. The Morgan fingerprint density at radius 1 is 1.48 bits per heavy atom. The Labute approximate surface area is 146 Å². The molecule has 0 spiro atoms. The first-order chi connectivity index (χ1) is 10.9. The normalized spacial score (nSPS) is 30.3. The molecule has 2 saturated heterocycles. The Balaban J connectivity index is 2.09. The molecule has 2 aliphatic heterocycles. The number of carboxylic acid groups (broad SMARTS) is 1. The Hall–Kier alpha value is -0.890. The van der Waals surface area contributed by atoms with Gasteiger partial charge in [0.1, 0.15) is 12.1 Å². The molecule has 23 heavy (non-hydrogen) atoms. The maximum atomic E-state index is 12.7. The predicted molar refractivity (Wildman–Crippen MR) is 92.5 cm³/mol. The molecule has 0 aromatic heterocycles. The maximum Gasteiger partial charge on any atom is 0.327 e. The third-order valence-corrected chi connectivity index (χ3v) is 6.74. The first-order valence-corrected chi connectivity index (χ1v) is 9.58. The Morgan fingerprint density at radius 2 is 2.17 bits per heavy atom. The van der Waals surface area contributed by atoms with E-state index in [9.17, 15) is 19.5 Å². The van der Waals surface area contributed by atoms with Crippen LogP contribution in [-0.2, 0) is 14.4 Å².